The van der Waals surface area contributed by atoms with E-state index < -0.39 is 11.6 Å². The standard InChI is InChI=1S/C21H16F2N2O3S/c22-16-5-1-3-14(20(16)23)11-25-17-9-13(6-7-18(17)29-12-19(25)26)21(27)24-10-15-4-2-8-28-15/h1-9H,10-12H2,(H,24,27). The van der Waals surface area contributed by atoms with Crippen molar-refractivity contribution in [2.45, 2.75) is 18.0 Å². The third-order valence-electron chi connectivity index (χ3n) is 4.53. The van der Waals surface area contributed by atoms with Crippen LogP contribution in [0.1, 0.15) is 21.7 Å². The van der Waals surface area contributed by atoms with E-state index in [0.717, 1.165) is 11.0 Å². The smallest absolute Gasteiger partial charge is 0.251 e. The summed E-state index contributed by atoms with van der Waals surface area (Å²) in [6.07, 6.45) is 1.52. The summed E-state index contributed by atoms with van der Waals surface area (Å²) in [6.45, 7) is 0.113. The molecule has 0 spiro atoms. The van der Waals surface area contributed by atoms with Gasteiger partial charge in [-0.1, -0.05) is 12.1 Å². The molecule has 29 heavy (non-hydrogen) atoms. The van der Waals surface area contributed by atoms with Gasteiger partial charge in [-0.25, -0.2) is 8.78 Å². The van der Waals surface area contributed by atoms with Gasteiger partial charge in [-0.15, -0.1) is 11.8 Å². The summed E-state index contributed by atoms with van der Waals surface area (Å²) in [5, 5.41) is 2.75. The lowest BCUT2D eigenvalue weighted by atomic mass is 10.1. The van der Waals surface area contributed by atoms with E-state index in [0.29, 0.717) is 17.0 Å². The van der Waals surface area contributed by atoms with Crippen molar-refractivity contribution < 1.29 is 22.8 Å². The van der Waals surface area contributed by atoms with Gasteiger partial charge in [0, 0.05) is 16.0 Å². The molecule has 148 valence electrons. The van der Waals surface area contributed by atoms with E-state index in [-0.39, 0.29) is 36.2 Å². The number of hydrogen-bond donors (Lipinski definition) is 1. The van der Waals surface area contributed by atoms with Crippen LogP contribution in [0.25, 0.3) is 0 Å². The molecule has 0 unspecified atom stereocenters. The number of nitrogens with one attached hydrogen (secondary N) is 1. The van der Waals surface area contributed by atoms with Crippen LogP contribution in [0.4, 0.5) is 14.5 Å². The molecular weight excluding hydrogens is 398 g/mol. The SMILES string of the molecule is O=C(NCc1ccco1)c1ccc2c(c1)N(Cc1cccc(F)c1F)C(=O)CS2. The number of carbonyl (C=O) groups is 2. The predicted molar refractivity (Wildman–Crippen MR) is 105 cm³/mol. The van der Waals surface area contributed by atoms with Crippen LogP contribution in [0.5, 0.6) is 0 Å². The highest BCUT2D eigenvalue weighted by molar-refractivity contribution is 8.00. The van der Waals surface area contributed by atoms with E-state index in [1.165, 1.54) is 35.1 Å². The second-order valence-electron chi connectivity index (χ2n) is 6.43. The van der Waals surface area contributed by atoms with Gasteiger partial charge >= 0.3 is 0 Å². The highest BCUT2D eigenvalue weighted by atomic mass is 32.2. The first-order chi connectivity index (χ1) is 14.0. The van der Waals surface area contributed by atoms with Crippen molar-refractivity contribution in [1.82, 2.24) is 5.32 Å². The number of nitrogens with zero attached hydrogens (tertiary/aromatic N) is 1. The van der Waals surface area contributed by atoms with Crippen molar-refractivity contribution >= 4 is 29.3 Å². The average Bonchev–Trinajstić information content (AvgIpc) is 3.25. The summed E-state index contributed by atoms with van der Waals surface area (Å²) in [6, 6.07) is 12.4. The molecule has 0 atom stereocenters. The van der Waals surface area contributed by atoms with E-state index in [1.54, 1.807) is 30.3 Å². The molecule has 0 saturated carbocycles. The average molecular weight is 414 g/mol. The maximum Gasteiger partial charge on any atom is 0.251 e. The molecule has 0 bridgehead atoms. The molecule has 0 saturated heterocycles. The van der Waals surface area contributed by atoms with Crippen LogP contribution in [0, 0.1) is 11.6 Å². The number of amides is 2. The lowest BCUT2D eigenvalue weighted by Gasteiger charge is -2.29. The first kappa shape index (κ1) is 19.2. The Morgan fingerprint density at radius 2 is 2.03 bits per heavy atom. The number of hydrogen-bond acceptors (Lipinski definition) is 4. The number of furan rings is 1. The second-order valence-corrected chi connectivity index (χ2v) is 7.44. The minimum atomic E-state index is -0.979. The first-order valence-electron chi connectivity index (χ1n) is 8.83. The Kier molecular flexibility index (Phi) is 5.35. The Bertz CT molecular complexity index is 1070. The molecule has 2 amide bonds. The van der Waals surface area contributed by atoms with Crippen molar-refractivity contribution in [2.24, 2.45) is 0 Å². The summed E-state index contributed by atoms with van der Waals surface area (Å²) >= 11 is 1.34. The summed E-state index contributed by atoms with van der Waals surface area (Å²) in [4.78, 5) is 27.2. The molecule has 0 fully saturated rings. The van der Waals surface area contributed by atoms with Gasteiger partial charge in [0.2, 0.25) is 5.91 Å². The van der Waals surface area contributed by atoms with Gasteiger partial charge in [0.15, 0.2) is 11.6 Å². The van der Waals surface area contributed by atoms with Crippen LogP contribution in [-0.4, -0.2) is 17.6 Å². The molecule has 5 nitrogen and oxygen atoms in total. The minimum absolute atomic E-state index is 0.0730. The van der Waals surface area contributed by atoms with Gasteiger partial charge in [-0.3, -0.25) is 9.59 Å². The van der Waals surface area contributed by atoms with Crippen molar-refractivity contribution in [1.29, 1.82) is 0 Å². The fourth-order valence-electron chi connectivity index (χ4n) is 3.04. The van der Waals surface area contributed by atoms with E-state index >= 15 is 0 Å². The molecule has 0 aliphatic carbocycles. The maximum atomic E-state index is 14.1. The molecule has 2 heterocycles. The van der Waals surface area contributed by atoms with Gasteiger partial charge in [0.05, 0.1) is 30.8 Å². The van der Waals surface area contributed by atoms with Crippen LogP contribution in [-0.2, 0) is 17.9 Å². The van der Waals surface area contributed by atoms with Gasteiger partial charge in [0.1, 0.15) is 5.76 Å². The van der Waals surface area contributed by atoms with Gasteiger partial charge in [-0.05, 0) is 36.4 Å². The third-order valence-corrected chi connectivity index (χ3v) is 5.57. The van der Waals surface area contributed by atoms with E-state index in [9.17, 15) is 18.4 Å². The molecule has 8 heteroatoms. The number of thioether (sulfide) groups is 1. The number of halogens is 2. The zero-order chi connectivity index (χ0) is 20.4. The Balaban J connectivity index is 1.59. The van der Waals surface area contributed by atoms with Crippen LogP contribution < -0.4 is 10.2 Å². The minimum Gasteiger partial charge on any atom is -0.467 e. The molecule has 2 aromatic carbocycles. The lowest BCUT2D eigenvalue weighted by molar-refractivity contribution is -0.116. The van der Waals surface area contributed by atoms with E-state index in [1.807, 2.05) is 0 Å². The fourth-order valence-corrected chi connectivity index (χ4v) is 3.96. The predicted octanol–water partition coefficient (Wildman–Crippen LogP) is 4.13. The molecule has 1 aromatic heterocycles. The van der Waals surface area contributed by atoms with E-state index in [4.69, 9.17) is 4.42 Å². The number of fused-ring (bicyclic) bond motifs is 1. The zero-order valence-electron chi connectivity index (χ0n) is 15.2. The molecule has 0 radical (unpaired) electrons. The normalized spacial score (nSPS) is 13.3. The monoisotopic (exact) mass is 414 g/mol. The summed E-state index contributed by atoms with van der Waals surface area (Å²) in [5.41, 5.74) is 0.930. The van der Waals surface area contributed by atoms with Crippen LogP contribution in [0.3, 0.4) is 0 Å². The van der Waals surface area contributed by atoms with E-state index in [2.05, 4.69) is 5.32 Å². The first-order valence-corrected chi connectivity index (χ1v) is 9.82. The molecule has 1 N–H and O–H groups in total. The summed E-state index contributed by atoms with van der Waals surface area (Å²) in [7, 11) is 0. The quantitative estimate of drug-likeness (QED) is 0.682. The van der Waals surface area contributed by atoms with Crippen LogP contribution in [0.2, 0.25) is 0 Å². The lowest BCUT2D eigenvalue weighted by Crippen LogP contribution is -2.35. The third kappa shape index (κ3) is 4.02. The van der Waals surface area contributed by atoms with Crippen molar-refractivity contribution in [3.63, 3.8) is 0 Å². The molecule has 1 aliphatic rings. The Hall–Kier alpha value is -3.13. The molecule has 1 aliphatic heterocycles. The number of carbonyl (C=O) groups excluding carboxylic acids is 2. The Labute approximate surface area is 169 Å². The second kappa shape index (κ2) is 8.08. The fraction of sp³-hybridized carbons (Fsp3) is 0.143. The molecule has 3 aromatic rings. The van der Waals surface area contributed by atoms with Crippen LogP contribution in [0.15, 0.2) is 64.1 Å². The summed E-state index contributed by atoms with van der Waals surface area (Å²) in [5.74, 6) is -1.71. The Morgan fingerprint density at radius 3 is 2.83 bits per heavy atom. The molecular formula is C21H16F2N2O3S. The maximum absolute atomic E-state index is 14.1. The van der Waals surface area contributed by atoms with Crippen LogP contribution >= 0.6 is 11.8 Å². The highest BCUT2D eigenvalue weighted by Crippen LogP contribution is 2.37. The highest BCUT2D eigenvalue weighted by Gasteiger charge is 2.27. The van der Waals surface area contributed by atoms with Crippen molar-refractivity contribution in [2.75, 3.05) is 10.7 Å². The van der Waals surface area contributed by atoms with Crippen molar-refractivity contribution in [3.05, 3.63) is 83.3 Å². The number of rotatable bonds is 5. The summed E-state index contributed by atoms with van der Waals surface area (Å²) < 4.78 is 32.9. The number of benzene rings is 2. The Morgan fingerprint density at radius 1 is 1.17 bits per heavy atom. The van der Waals surface area contributed by atoms with Gasteiger partial charge in [-0.2, -0.15) is 0 Å². The zero-order valence-corrected chi connectivity index (χ0v) is 16.0. The van der Waals surface area contributed by atoms with Gasteiger partial charge < -0.3 is 14.6 Å². The number of anilines is 1. The van der Waals surface area contributed by atoms with Gasteiger partial charge in [0.25, 0.3) is 5.91 Å². The van der Waals surface area contributed by atoms with Crippen molar-refractivity contribution in [3.8, 4) is 0 Å². The largest absolute Gasteiger partial charge is 0.467 e. The topological polar surface area (TPSA) is 62.6 Å². The molecule has 4 rings (SSSR count).